The summed E-state index contributed by atoms with van der Waals surface area (Å²) in [6.45, 7) is 3.64. The molecule has 0 radical (unpaired) electrons. The monoisotopic (exact) mass is 301 g/mol. The van der Waals surface area contributed by atoms with Crippen LogP contribution in [0.2, 0.25) is 0 Å². The molecular formula is C16H19N3O3. The molecule has 0 bridgehead atoms. The number of carboxylic acids is 1. The molecule has 0 aliphatic rings. The van der Waals surface area contributed by atoms with Crippen molar-refractivity contribution in [3.8, 4) is 0 Å². The minimum absolute atomic E-state index is 0.118. The lowest BCUT2D eigenvalue weighted by molar-refractivity contribution is -0.141. The maximum atomic E-state index is 12.1. The van der Waals surface area contributed by atoms with Crippen molar-refractivity contribution >= 4 is 11.9 Å². The van der Waals surface area contributed by atoms with Crippen LogP contribution in [0.15, 0.2) is 30.3 Å². The van der Waals surface area contributed by atoms with Crippen LogP contribution in [-0.4, -0.2) is 33.2 Å². The van der Waals surface area contributed by atoms with E-state index in [1.807, 2.05) is 44.2 Å². The summed E-state index contributed by atoms with van der Waals surface area (Å²) in [7, 11) is 0. The molecule has 0 aliphatic heterocycles. The fourth-order valence-electron chi connectivity index (χ4n) is 2.29. The number of benzene rings is 1. The van der Waals surface area contributed by atoms with E-state index in [-0.39, 0.29) is 18.7 Å². The Morgan fingerprint density at radius 1 is 1.27 bits per heavy atom. The Hall–Kier alpha value is -2.63. The zero-order valence-electron chi connectivity index (χ0n) is 12.6. The Morgan fingerprint density at radius 2 is 1.95 bits per heavy atom. The van der Waals surface area contributed by atoms with Crippen molar-refractivity contribution in [1.29, 1.82) is 0 Å². The summed E-state index contributed by atoms with van der Waals surface area (Å²) < 4.78 is 0. The van der Waals surface area contributed by atoms with Gasteiger partial charge in [-0.2, -0.15) is 5.10 Å². The molecule has 1 aromatic carbocycles. The van der Waals surface area contributed by atoms with Gasteiger partial charge in [0.15, 0.2) is 0 Å². The molecule has 0 saturated carbocycles. The van der Waals surface area contributed by atoms with Gasteiger partial charge in [-0.05, 0) is 19.4 Å². The Kier molecular flexibility index (Phi) is 4.93. The lowest BCUT2D eigenvalue weighted by Gasteiger charge is -2.14. The fourth-order valence-corrected chi connectivity index (χ4v) is 2.29. The van der Waals surface area contributed by atoms with Crippen molar-refractivity contribution in [2.24, 2.45) is 0 Å². The summed E-state index contributed by atoms with van der Waals surface area (Å²) in [5.41, 5.74) is 3.25. The number of hydrogen-bond acceptors (Lipinski definition) is 3. The van der Waals surface area contributed by atoms with Crippen LogP contribution >= 0.6 is 0 Å². The molecule has 0 saturated heterocycles. The third-order valence-electron chi connectivity index (χ3n) is 3.53. The molecule has 1 atom stereocenters. The van der Waals surface area contributed by atoms with Crippen LogP contribution in [0.5, 0.6) is 0 Å². The van der Waals surface area contributed by atoms with E-state index in [0.29, 0.717) is 0 Å². The normalized spacial score (nSPS) is 11.9. The number of carboxylic acid groups (broad SMARTS) is 1. The predicted molar refractivity (Wildman–Crippen MR) is 81.5 cm³/mol. The van der Waals surface area contributed by atoms with Crippen molar-refractivity contribution in [2.75, 3.05) is 0 Å². The summed E-state index contributed by atoms with van der Waals surface area (Å²) in [6, 6.07) is 8.28. The third kappa shape index (κ3) is 3.94. The van der Waals surface area contributed by atoms with Crippen LogP contribution < -0.4 is 5.32 Å². The van der Waals surface area contributed by atoms with E-state index in [9.17, 15) is 14.7 Å². The molecule has 1 aromatic heterocycles. The van der Waals surface area contributed by atoms with E-state index >= 15 is 0 Å². The zero-order chi connectivity index (χ0) is 16.1. The minimum atomic E-state index is -1.04. The van der Waals surface area contributed by atoms with E-state index in [1.165, 1.54) is 0 Å². The van der Waals surface area contributed by atoms with Gasteiger partial charge in [-0.3, -0.25) is 9.89 Å². The number of nitrogens with one attached hydrogen (secondary N) is 2. The number of carbonyl (C=O) groups excluding carboxylic acids is 1. The molecule has 22 heavy (non-hydrogen) atoms. The average Bonchev–Trinajstić information content (AvgIpc) is 2.79. The van der Waals surface area contributed by atoms with Crippen molar-refractivity contribution in [1.82, 2.24) is 15.5 Å². The second-order valence-corrected chi connectivity index (χ2v) is 5.24. The Bertz CT molecular complexity index is 645. The van der Waals surface area contributed by atoms with E-state index < -0.39 is 12.0 Å². The first kappa shape index (κ1) is 15.8. The van der Waals surface area contributed by atoms with E-state index in [0.717, 1.165) is 22.5 Å². The summed E-state index contributed by atoms with van der Waals surface area (Å²) in [6.07, 6.45) is 0.373. The van der Waals surface area contributed by atoms with Crippen molar-refractivity contribution in [3.63, 3.8) is 0 Å². The van der Waals surface area contributed by atoms with Crippen LogP contribution in [0.4, 0.5) is 0 Å². The smallest absolute Gasteiger partial charge is 0.326 e. The number of rotatable bonds is 6. The molecule has 0 spiro atoms. The topological polar surface area (TPSA) is 95.1 Å². The summed E-state index contributed by atoms with van der Waals surface area (Å²) in [5.74, 6) is -1.37. The highest BCUT2D eigenvalue weighted by Crippen LogP contribution is 2.10. The van der Waals surface area contributed by atoms with Gasteiger partial charge in [0.2, 0.25) is 5.91 Å². The maximum Gasteiger partial charge on any atom is 0.326 e. The standard InChI is InChI=1S/C16H19N3O3/c1-10-13(11(2)19-18-10)9-15(20)17-14(16(21)22)8-12-6-4-3-5-7-12/h3-7,14H,8-9H2,1-2H3,(H,17,20)(H,18,19)(H,21,22). The van der Waals surface area contributed by atoms with Gasteiger partial charge in [0.25, 0.3) is 0 Å². The first-order valence-electron chi connectivity index (χ1n) is 7.04. The molecule has 116 valence electrons. The molecule has 2 aromatic rings. The van der Waals surface area contributed by atoms with E-state index in [4.69, 9.17) is 0 Å². The number of hydrogen-bond donors (Lipinski definition) is 3. The first-order valence-corrected chi connectivity index (χ1v) is 7.04. The molecule has 0 aliphatic carbocycles. The summed E-state index contributed by atoms with van der Waals surface area (Å²) in [5, 5.41) is 18.7. The SMILES string of the molecule is Cc1n[nH]c(C)c1CC(=O)NC(Cc1ccccc1)C(=O)O. The van der Waals surface area contributed by atoms with Crippen LogP contribution in [0, 0.1) is 13.8 Å². The molecule has 6 nitrogen and oxygen atoms in total. The zero-order valence-corrected chi connectivity index (χ0v) is 12.6. The number of aliphatic carboxylic acids is 1. The summed E-state index contributed by atoms with van der Waals surface area (Å²) >= 11 is 0. The van der Waals surface area contributed by atoms with Gasteiger partial charge < -0.3 is 10.4 Å². The van der Waals surface area contributed by atoms with Crippen molar-refractivity contribution < 1.29 is 14.7 Å². The van der Waals surface area contributed by atoms with Crippen LogP contribution in [0.3, 0.4) is 0 Å². The number of aryl methyl sites for hydroxylation is 2. The Balaban J connectivity index is 2.02. The first-order chi connectivity index (χ1) is 10.5. The van der Waals surface area contributed by atoms with Gasteiger partial charge in [0, 0.05) is 17.7 Å². The van der Waals surface area contributed by atoms with Crippen LogP contribution in [0.1, 0.15) is 22.5 Å². The number of amides is 1. The minimum Gasteiger partial charge on any atom is -0.480 e. The quantitative estimate of drug-likeness (QED) is 0.751. The fraction of sp³-hybridized carbons (Fsp3) is 0.312. The molecule has 3 N–H and O–H groups in total. The molecule has 1 heterocycles. The highest BCUT2D eigenvalue weighted by atomic mass is 16.4. The molecule has 0 fully saturated rings. The van der Waals surface area contributed by atoms with Gasteiger partial charge in [0.05, 0.1) is 12.1 Å². The van der Waals surface area contributed by atoms with Gasteiger partial charge in [-0.1, -0.05) is 30.3 Å². The Labute approximate surface area is 128 Å². The maximum absolute atomic E-state index is 12.1. The van der Waals surface area contributed by atoms with E-state index in [2.05, 4.69) is 15.5 Å². The van der Waals surface area contributed by atoms with Gasteiger partial charge >= 0.3 is 5.97 Å². The summed E-state index contributed by atoms with van der Waals surface area (Å²) in [4.78, 5) is 23.4. The highest BCUT2D eigenvalue weighted by molar-refractivity contribution is 5.85. The number of nitrogens with zero attached hydrogens (tertiary/aromatic N) is 1. The van der Waals surface area contributed by atoms with Crippen LogP contribution in [0.25, 0.3) is 0 Å². The van der Waals surface area contributed by atoms with Gasteiger partial charge in [0.1, 0.15) is 6.04 Å². The lowest BCUT2D eigenvalue weighted by Crippen LogP contribution is -2.43. The Morgan fingerprint density at radius 3 is 2.50 bits per heavy atom. The predicted octanol–water partition coefficient (Wildman–Crippen LogP) is 1.38. The lowest BCUT2D eigenvalue weighted by atomic mass is 10.1. The average molecular weight is 301 g/mol. The molecule has 6 heteroatoms. The third-order valence-corrected chi connectivity index (χ3v) is 3.53. The van der Waals surface area contributed by atoms with Crippen molar-refractivity contribution in [2.45, 2.75) is 32.7 Å². The molecular weight excluding hydrogens is 282 g/mol. The largest absolute Gasteiger partial charge is 0.480 e. The molecule has 2 rings (SSSR count). The van der Waals surface area contributed by atoms with Gasteiger partial charge in [-0.15, -0.1) is 0 Å². The van der Waals surface area contributed by atoms with Gasteiger partial charge in [-0.25, -0.2) is 4.79 Å². The number of aromatic amines is 1. The van der Waals surface area contributed by atoms with Crippen molar-refractivity contribution in [3.05, 3.63) is 52.8 Å². The number of carbonyl (C=O) groups is 2. The highest BCUT2D eigenvalue weighted by Gasteiger charge is 2.21. The molecule has 1 unspecified atom stereocenters. The second-order valence-electron chi connectivity index (χ2n) is 5.24. The number of aromatic nitrogens is 2. The van der Waals surface area contributed by atoms with Crippen LogP contribution in [-0.2, 0) is 22.4 Å². The molecule has 1 amide bonds. The second kappa shape index (κ2) is 6.89. The number of H-pyrrole nitrogens is 1. The van der Waals surface area contributed by atoms with E-state index in [1.54, 1.807) is 0 Å².